The minimum Gasteiger partial charge on any atom is -0.368 e. The molecule has 3 aromatic rings. The van der Waals surface area contributed by atoms with Gasteiger partial charge in [-0.15, -0.1) is 11.3 Å². The van der Waals surface area contributed by atoms with Crippen LogP contribution in [0.4, 0.5) is 0 Å². The summed E-state index contributed by atoms with van der Waals surface area (Å²) in [5.74, 6) is -0.970. The van der Waals surface area contributed by atoms with Gasteiger partial charge in [-0.3, -0.25) is 23.5 Å². The smallest absolute Gasteiger partial charge is 0.332 e. The number of benzene rings is 1. The van der Waals surface area contributed by atoms with Crippen molar-refractivity contribution >= 4 is 45.0 Å². The van der Waals surface area contributed by atoms with E-state index in [0.717, 1.165) is 14.7 Å². The number of amides is 2. The van der Waals surface area contributed by atoms with E-state index in [1.54, 1.807) is 23.6 Å². The Morgan fingerprint density at radius 3 is 2.52 bits per heavy atom. The average molecular weight is 435 g/mol. The molecular weight excluding hydrogens is 416 g/mol. The van der Waals surface area contributed by atoms with Crippen LogP contribution in [0, 0.1) is 0 Å². The first-order valence-electron chi connectivity index (χ1n) is 8.87. The Morgan fingerprint density at radius 1 is 1.10 bits per heavy atom. The van der Waals surface area contributed by atoms with E-state index in [-0.39, 0.29) is 25.4 Å². The molecule has 0 saturated heterocycles. The Morgan fingerprint density at radius 2 is 1.83 bits per heavy atom. The number of primary amides is 1. The van der Waals surface area contributed by atoms with Crippen LogP contribution in [0.25, 0.3) is 10.2 Å². The molecule has 0 fully saturated rings. The second-order valence-corrected chi connectivity index (χ2v) is 7.76. The lowest BCUT2D eigenvalue weighted by Gasteiger charge is -2.11. The molecule has 1 aromatic carbocycles. The van der Waals surface area contributed by atoms with Crippen molar-refractivity contribution in [3.63, 3.8) is 0 Å². The molecule has 3 rings (SSSR count). The molecule has 3 N–H and O–H groups in total. The molecular formula is C19H19ClN4O4S. The van der Waals surface area contributed by atoms with E-state index in [0.29, 0.717) is 28.2 Å². The predicted molar refractivity (Wildman–Crippen MR) is 112 cm³/mol. The van der Waals surface area contributed by atoms with Crippen molar-refractivity contribution < 1.29 is 9.59 Å². The summed E-state index contributed by atoms with van der Waals surface area (Å²) < 4.78 is 2.48. The highest BCUT2D eigenvalue weighted by molar-refractivity contribution is 7.17. The lowest BCUT2D eigenvalue weighted by molar-refractivity contribution is -0.121. The van der Waals surface area contributed by atoms with Gasteiger partial charge in [0.15, 0.2) is 0 Å². The summed E-state index contributed by atoms with van der Waals surface area (Å²) >= 11 is 7.01. The number of rotatable bonds is 8. The van der Waals surface area contributed by atoms with Gasteiger partial charge in [0.25, 0.3) is 5.56 Å². The number of hydrogen-bond acceptors (Lipinski definition) is 5. The Balaban J connectivity index is 1.67. The fourth-order valence-corrected chi connectivity index (χ4v) is 3.91. The number of carbonyl (C=O) groups excluding carboxylic acids is 2. The molecule has 0 unspecified atom stereocenters. The normalized spacial score (nSPS) is 10.9. The fraction of sp³-hybridized carbons (Fsp3) is 0.263. The van der Waals surface area contributed by atoms with Crippen LogP contribution >= 0.6 is 22.9 Å². The minimum atomic E-state index is -0.690. The van der Waals surface area contributed by atoms with Crippen LogP contribution in [0.2, 0.25) is 5.02 Å². The van der Waals surface area contributed by atoms with Crippen molar-refractivity contribution in [1.82, 2.24) is 14.5 Å². The van der Waals surface area contributed by atoms with Crippen LogP contribution in [0.5, 0.6) is 0 Å². The summed E-state index contributed by atoms with van der Waals surface area (Å²) in [5.41, 5.74) is 5.48. The second kappa shape index (κ2) is 9.06. The van der Waals surface area contributed by atoms with Crippen molar-refractivity contribution in [1.29, 1.82) is 0 Å². The fourth-order valence-electron chi connectivity index (χ4n) is 2.94. The maximum absolute atomic E-state index is 12.7. The molecule has 0 bridgehead atoms. The summed E-state index contributed by atoms with van der Waals surface area (Å²) in [6.07, 6.45) is 0.596. The number of halogens is 1. The van der Waals surface area contributed by atoms with Crippen LogP contribution in [0.1, 0.15) is 12.0 Å². The zero-order chi connectivity index (χ0) is 21.0. The van der Waals surface area contributed by atoms with E-state index in [2.05, 4.69) is 5.32 Å². The number of thiophene rings is 1. The largest absolute Gasteiger partial charge is 0.368 e. The van der Waals surface area contributed by atoms with Gasteiger partial charge < -0.3 is 11.1 Å². The summed E-state index contributed by atoms with van der Waals surface area (Å²) in [6, 6.07) is 8.92. The molecule has 0 aliphatic heterocycles. The summed E-state index contributed by atoms with van der Waals surface area (Å²) in [7, 11) is 0. The molecule has 0 spiro atoms. The molecule has 29 heavy (non-hydrogen) atoms. The molecule has 0 aliphatic rings. The van der Waals surface area contributed by atoms with E-state index < -0.39 is 17.2 Å². The number of aromatic nitrogens is 2. The zero-order valence-corrected chi connectivity index (χ0v) is 17.0. The quantitative estimate of drug-likeness (QED) is 0.552. The van der Waals surface area contributed by atoms with Crippen LogP contribution in [-0.4, -0.2) is 27.5 Å². The van der Waals surface area contributed by atoms with E-state index in [9.17, 15) is 19.2 Å². The van der Waals surface area contributed by atoms with Gasteiger partial charge in [0.1, 0.15) is 11.2 Å². The Kier molecular flexibility index (Phi) is 6.50. The third kappa shape index (κ3) is 4.93. The van der Waals surface area contributed by atoms with Gasteiger partial charge >= 0.3 is 5.69 Å². The molecule has 2 amide bonds. The van der Waals surface area contributed by atoms with E-state index >= 15 is 0 Å². The zero-order valence-electron chi connectivity index (χ0n) is 15.4. The molecule has 0 saturated carbocycles. The molecule has 8 nitrogen and oxygen atoms in total. The lowest BCUT2D eigenvalue weighted by Crippen LogP contribution is -2.42. The van der Waals surface area contributed by atoms with Gasteiger partial charge in [-0.05, 0) is 35.6 Å². The van der Waals surface area contributed by atoms with E-state index in [4.69, 9.17) is 17.3 Å². The third-order valence-electron chi connectivity index (χ3n) is 4.36. The maximum atomic E-state index is 12.7. The number of nitrogens with two attached hydrogens (primary N) is 1. The van der Waals surface area contributed by atoms with E-state index in [1.807, 2.05) is 12.1 Å². The van der Waals surface area contributed by atoms with Crippen molar-refractivity contribution in [2.45, 2.75) is 25.9 Å². The standard InChI is InChI=1S/C19H19ClN4O4S/c20-13-3-1-12(2-4-13)5-8-22-16(26)6-9-23-18(27)17-14(7-10-29-17)24(19(23)28)11-15(21)25/h1-4,7,10H,5-6,8-9,11H2,(H2,21,25)(H,22,26). The monoisotopic (exact) mass is 434 g/mol. The van der Waals surface area contributed by atoms with Crippen molar-refractivity contribution in [2.24, 2.45) is 5.73 Å². The van der Waals surface area contributed by atoms with Gasteiger partial charge in [0.2, 0.25) is 11.8 Å². The van der Waals surface area contributed by atoms with Gasteiger partial charge in [-0.1, -0.05) is 23.7 Å². The van der Waals surface area contributed by atoms with Gasteiger partial charge in [0.05, 0.1) is 5.52 Å². The average Bonchev–Trinajstić information content (AvgIpc) is 3.16. The van der Waals surface area contributed by atoms with Gasteiger partial charge in [-0.25, -0.2) is 4.79 Å². The summed E-state index contributed by atoms with van der Waals surface area (Å²) in [4.78, 5) is 48.7. The van der Waals surface area contributed by atoms with Crippen molar-refractivity contribution in [3.05, 3.63) is 67.1 Å². The molecule has 2 heterocycles. The first-order valence-corrected chi connectivity index (χ1v) is 10.1. The summed E-state index contributed by atoms with van der Waals surface area (Å²) in [6.45, 7) is 0.00190. The Bertz CT molecular complexity index is 1160. The number of carbonyl (C=O) groups is 2. The lowest BCUT2D eigenvalue weighted by atomic mass is 10.1. The van der Waals surface area contributed by atoms with Crippen molar-refractivity contribution in [2.75, 3.05) is 6.54 Å². The Labute approximate surface area is 174 Å². The second-order valence-electron chi connectivity index (χ2n) is 6.40. The maximum Gasteiger partial charge on any atom is 0.332 e. The highest BCUT2D eigenvalue weighted by Gasteiger charge is 2.16. The van der Waals surface area contributed by atoms with Crippen LogP contribution in [0.15, 0.2) is 45.3 Å². The molecule has 2 aromatic heterocycles. The minimum absolute atomic E-state index is 0.0385. The van der Waals surface area contributed by atoms with Gasteiger partial charge in [-0.2, -0.15) is 0 Å². The first kappa shape index (κ1) is 20.8. The number of nitrogens with zero attached hydrogens (tertiary/aromatic N) is 2. The molecule has 0 radical (unpaired) electrons. The number of hydrogen-bond donors (Lipinski definition) is 2. The molecule has 10 heteroatoms. The highest BCUT2D eigenvalue weighted by atomic mass is 35.5. The van der Waals surface area contributed by atoms with Crippen LogP contribution in [0.3, 0.4) is 0 Å². The van der Waals surface area contributed by atoms with E-state index in [1.165, 1.54) is 11.3 Å². The number of nitrogens with one attached hydrogen (secondary N) is 1. The molecule has 152 valence electrons. The Hall–Kier alpha value is -2.91. The summed E-state index contributed by atoms with van der Waals surface area (Å²) in [5, 5.41) is 5.08. The van der Waals surface area contributed by atoms with Crippen LogP contribution < -0.4 is 22.3 Å². The number of fused-ring (bicyclic) bond motifs is 1. The van der Waals surface area contributed by atoms with Gasteiger partial charge in [0, 0.05) is 24.5 Å². The topological polar surface area (TPSA) is 116 Å². The third-order valence-corrected chi connectivity index (χ3v) is 5.51. The highest BCUT2D eigenvalue weighted by Crippen LogP contribution is 2.15. The predicted octanol–water partition coefficient (Wildman–Crippen LogP) is 1.11. The SMILES string of the molecule is NC(=O)Cn1c(=O)n(CCC(=O)NCCc2ccc(Cl)cc2)c(=O)c2sccc21. The molecule has 0 aliphatic carbocycles. The first-order chi connectivity index (χ1) is 13.9. The van der Waals surface area contributed by atoms with Crippen molar-refractivity contribution in [3.8, 4) is 0 Å². The molecule has 0 atom stereocenters. The van der Waals surface area contributed by atoms with Crippen LogP contribution in [-0.2, 0) is 29.1 Å².